The van der Waals surface area contributed by atoms with E-state index in [0.717, 1.165) is 5.69 Å². The molecule has 0 radical (unpaired) electrons. The summed E-state index contributed by atoms with van der Waals surface area (Å²) in [5, 5.41) is 12.5. The summed E-state index contributed by atoms with van der Waals surface area (Å²) in [6, 6.07) is 5.39. The maximum Gasteiger partial charge on any atom is 0.152 e. The van der Waals surface area contributed by atoms with Crippen molar-refractivity contribution >= 4 is 15.5 Å². The first-order chi connectivity index (χ1) is 9.04. The van der Waals surface area contributed by atoms with Crippen molar-refractivity contribution in [2.45, 2.75) is 26.0 Å². The molecule has 1 unspecified atom stereocenters. The Kier molecular flexibility index (Phi) is 4.31. The van der Waals surface area contributed by atoms with Crippen LogP contribution in [0.5, 0.6) is 5.75 Å². The molecular weight excluding hydrogens is 266 g/mol. The smallest absolute Gasteiger partial charge is 0.152 e. The average Bonchev–Trinajstić information content (AvgIpc) is 2.71. The SMILES string of the molecule is CCOc1ccc(NC2CCS(=O)(=O)C2)cc1CO. The number of nitrogens with one attached hydrogen (secondary N) is 1. The molecular formula is C13H19NO4S. The lowest BCUT2D eigenvalue weighted by Crippen LogP contribution is -2.20. The van der Waals surface area contributed by atoms with E-state index in [-0.39, 0.29) is 24.2 Å². The summed E-state index contributed by atoms with van der Waals surface area (Å²) in [4.78, 5) is 0. The number of sulfone groups is 1. The molecule has 1 aromatic carbocycles. The van der Waals surface area contributed by atoms with Crippen LogP contribution in [0.2, 0.25) is 0 Å². The summed E-state index contributed by atoms with van der Waals surface area (Å²) in [5.74, 6) is 1.08. The van der Waals surface area contributed by atoms with Gasteiger partial charge in [0.2, 0.25) is 0 Å². The lowest BCUT2D eigenvalue weighted by Gasteiger charge is -2.15. The van der Waals surface area contributed by atoms with E-state index in [1.54, 1.807) is 12.1 Å². The standard InChI is InChI=1S/C13H19NO4S/c1-2-18-13-4-3-11(7-10(13)8-15)14-12-5-6-19(16,17)9-12/h3-4,7,12,14-15H,2,5-6,8-9H2,1H3. The van der Waals surface area contributed by atoms with Crippen molar-refractivity contribution in [3.8, 4) is 5.75 Å². The molecule has 0 saturated carbocycles. The highest BCUT2D eigenvalue weighted by molar-refractivity contribution is 7.91. The van der Waals surface area contributed by atoms with Crippen molar-refractivity contribution in [3.63, 3.8) is 0 Å². The Hall–Kier alpha value is -1.27. The van der Waals surface area contributed by atoms with E-state index in [4.69, 9.17) is 4.74 Å². The molecule has 1 aliphatic heterocycles. The Labute approximate surface area is 113 Å². The van der Waals surface area contributed by atoms with Crippen molar-refractivity contribution in [1.29, 1.82) is 0 Å². The van der Waals surface area contributed by atoms with Gasteiger partial charge in [0.15, 0.2) is 9.84 Å². The lowest BCUT2D eigenvalue weighted by molar-refractivity contribution is 0.267. The lowest BCUT2D eigenvalue weighted by atomic mass is 10.1. The van der Waals surface area contributed by atoms with Crippen molar-refractivity contribution in [2.24, 2.45) is 0 Å². The maximum absolute atomic E-state index is 11.4. The van der Waals surface area contributed by atoms with Crippen molar-refractivity contribution < 1.29 is 18.3 Å². The molecule has 1 fully saturated rings. The van der Waals surface area contributed by atoms with E-state index in [1.807, 2.05) is 13.0 Å². The van der Waals surface area contributed by atoms with Gasteiger partial charge in [0.25, 0.3) is 0 Å². The third kappa shape index (κ3) is 3.61. The fourth-order valence-electron chi connectivity index (χ4n) is 2.23. The van der Waals surface area contributed by atoms with Crippen molar-refractivity contribution in [3.05, 3.63) is 23.8 Å². The third-order valence-corrected chi connectivity index (χ3v) is 4.90. The summed E-state index contributed by atoms with van der Waals surface area (Å²) in [7, 11) is -2.88. The van der Waals surface area contributed by atoms with E-state index in [1.165, 1.54) is 0 Å². The predicted molar refractivity (Wildman–Crippen MR) is 74.2 cm³/mol. The Balaban J connectivity index is 2.09. The van der Waals surface area contributed by atoms with Gasteiger partial charge in [0, 0.05) is 17.3 Å². The molecule has 1 aromatic rings. The minimum absolute atomic E-state index is 0.0468. The number of aliphatic hydroxyl groups excluding tert-OH is 1. The predicted octanol–water partition coefficient (Wildman–Crippen LogP) is 1.18. The molecule has 0 amide bonds. The van der Waals surface area contributed by atoms with E-state index >= 15 is 0 Å². The van der Waals surface area contributed by atoms with Crippen LogP contribution in [0.4, 0.5) is 5.69 Å². The monoisotopic (exact) mass is 285 g/mol. The molecule has 2 rings (SSSR count). The Bertz CT molecular complexity index is 542. The zero-order chi connectivity index (χ0) is 13.9. The number of aliphatic hydroxyl groups is 1. The van der Waals surface area contributed by atoms with Gasteiger partial charge < -0.3 is 15.2 Å². The zero-order valence-corrected chi connectivity index (χ0v) is 11.7. The minimum Gasteiger partial charge on any atom is -0.494 e. The van der Waals surface area contributed by atoms with Gasteiger partial charge in [-0.25, -0.2) is 8.42 Å². The van der Waals surface area contributed by atoms with Gasteiger partial charge in [-0.3, -0.25) is 0 Å². The quantitative estimate of drug-likeness (QED) is 0.849. The average molecular weight is 285 g/mol. The summed E-state index contributed by atoms with van der Waals surface area (Å²) in [6.07, 6.45) is 0.629. The van der Waals surface area contributed by atoms with Crippen LogP contribution in [0.25, 0.3) is 0 Å². The fraction of sp³-hybridized carbons (Fsp3) is 0.538. The maximum atomic E-state index is 11.4. The van der Waals surface area contributed by atoms with Crippen LogP contribution >= 0.6 is 0 Å². The molecule has 0 aliphatic carbocycles. The highest BCUT2D eigenvalue weighted by atomic mass is 32.2. The first-order valence-electron chi connectivity index (χ1n) is 6.37. The Morgan fingerprint density at radius 3 is 2.84 bits per heavy atom. The zero-order valence-electron chi connectivity index (χ0n) is 10.9. The van der Waals surface area contributed by atoms with Crippen LogP contribution in [0.1, 0.15) is 18.9 Å². The van der Waals surface area contributed by atoms with Gasteiger partial charge in [-0.2, -0.15) is 0 Å². The summed E-state index contributed by atoms with van der Waals surface area (Å²) >= 11 is 0. The molecule has 1 saturated heterocycles. The second-order valence-electron chi connectivity index (χ2n) is 4.66. The van der Waals surface area contributed by atoms with E-state index < -0.39 is 9.84 Å². The van der Waals surface area contributed by atoms with Crippen LogP contribution in [0.15, 0.2) is 18.2 Å². The van der Waals surface area contributed by atoms with Gasteiger partial charge in [-0.1, -0.05) is 0 Å². The molecule has 1 heterocycles. The normalized spacial score (nSPS) is 21.3. The summed E-state index contributed by atoms with van der Waals surface area (Å²) < 4.78 is 28.2. The molecule has 0 aromatic heterocycles. The minimum atomic E-state index is -2.88. The van der Waals surface area contributed by atoms with E-state index in [0.29, 0.717) is 24.3 Å². The van der Waals surface area contributed by atoms with Crippen LogP contribution in [0.3, 0.4) is 0 Å². The molecule has 0 spiro atoms. The molecule has 1 aliphatic rings. The first kappa shape index (κ1) is 14.1. The van der Waals surface area contributed by atoms with Crippen LogP contribution < -0.4 is 10.1 Å². The molecule has 106 valence electrons. The Morgan fingerprint density at radius 2 is 2.26 bits per heavy atom. The highest BCUT2D eigenvalue weighted by Crippen LogP contribution is 2.25. The van der Waals surface area contributed by atoms with Crippen LogP contribution in [-0.2, 0) is 16.4 Å². The van der Waals surface area contributed by atoms with Crippen molar-refractivity contribution in [2.75, 3.05) is 23.4 Å². The van der Waals surface area contributed by atoms with E-state index in [9.17, 15) is 13.5 Å². The molecule has 5 nitrogen and oxygen atoms in total. The molecule has 19 heavy (non-hydrogen) atoms. The highest BCUT2D eigenvalue weighted by Gasteiger charge is 2.27. The van der Waals surface area contributed by atoms with Gasteiger partial charge >= 0.3 is 0 Å². The van der Waals surface area contributed by atoms with E-state index in [2.05, 4.69) is 5.32 Å². The summed E-state index contributed by atoms with van der Waals surface area (Å²) in [6.45, 7) is 2.32. The molecule has 6 heteroatoms. The van der Waals surface area contributed by atoms with Crippen LogP contribution in [-0.4, -0.2) is 37.7 Å². The second-order valence-corrected chi connectivity index (χ2v) is 6.89. The third-order valence-electron chi connectivity index (χ3n) is 3.13. The second kappa shape index (κ2) is 5.79. The fourth-order valence-corrected chi connectivity index (χ4v) is 3.91. The number of benzene rings is 1. The number of ether oxygens (including phenoxy) is 1. The van der Waals surface area contributed by atoms with Crippen molar-refractivity contribution in [1.82, 2.24) is 0 Å². The van der Waals surface area contributed by atoms with Gasteiger partial charge in [-0.15, -0.1) is 0 Å². The number of hydrogen-bond donors (Lipinski definition) is 2. The van der Waals surface area contributed by atoms with Crippen LogP contribution in [0, 0.1) is 0 Å². The molecule has 0 bridgehead atoms. The topological polar surface area (TPSA) is 75.6 Å². The number of anilines is 1. The summed E-state index contributed by atoms with van der Waals surface area (Å²) in [5.41, 5.74) is 1.52. The molecule has 1 atom stereocenters. The van der Waals surface area contributed by atoms with Gasteiger partial charge in [0.1, 0.15) is 5.75 Å². The Morgan fingerprint density at radius 1 is 1.47 bits per heavy atom. The van der Waals surface area contributed by atoms with Gasteiger partial charge in [0.05, 0.1) is 24.7 Å². The molecule has 2 N–H and O–H groups in total. The van der Waals surface area contributed by atoms with Gasteiger partial charge in [-0.05, 0) is 31.5 Å². The number of hydrogen-bond acceptors (Lipinski definition) is 5. The first-order valence-corrected chi connectivity index (χ1v) is 8.19. The number of rotatable bonds is 5. The largest absolute Gasteiger partial charge is 0.494 e.